The second kappa shape index (κ2) is 4.30. The van der Waals surface area contributed by atoms with Crippen LogP contribution in [0.25, 0.3) is 0 Å². The summed E-state index contributed by atoms with van der Waals surface area (Å²) in [5.41, 5.74) is 5.61. The maximum Gasteiger partial charge on any atom is 0.266 e. The third kappa shape index (κ3) is 2.43. The Kier molecular flexibility index (Phi) is 2.95. The summed E-state index contributed by atoms with van der Waals surface area (Å²) >= 11 is 0. The van der Waals surface area contributed by atoms with E-state index in [-0.39, 0.29) is 11.5 Å². The molecule has 6 nitrogen and oxygen atoms in total. The Bertz CT molecular complexity index is 681. The van der Waals surface area contributed by atoms with Gasteiger partial charge in [0.05, 0.1) is 0 Å². The molecular weight excluding hydrogens is 259 g/mol. The van der Waals surface area contributed by atoms with Crippen LogP contribution in [0.1, 0.15) is 0 Å². The van der Waals surface area contributed by atoms with Crippen LogP contribution in [-0.2, 0) is 17.1 Å². The van der Waals surface area contributed by atoms with Crippen molar-refractivity contribution in [2.24, 2.45) is 7.05 Å². The standard InChI is InChI=1S/C10H11FN4O2S/c1-15-5-4-10(13-15)14-18(16,17)9-6-7(12)2-3-8(9)11/h2-6H,12H2,1H3,(H,13,14). The number of nitrogen functional groups attached to an aromatic ring is 1. The quantitative estimate of drug-likeness (QED) is 0.812. The maximum absolute atomic E-state index is 13.5. The summed E-state index contributed by atoms with van der Waals surface area (Å²) in [6.07, 6.45) is 1.56. The van der Waals surface area contributed by atoms with E-state index in [4.69, 9.17) is 5.73 Å². The average Bonchev–Trinajstić information content (AvgIpc) is 2.66. The van der Waals surface area contributed by atoms with E-state index in [1.165, 1.54) is 16.8 Å². The van der Waals surface area contributed by atoms with Gasteiger partial charge < -0.3 is 5.73 Å². The van der Waals surface area contributed by atoms with Crippen molar-refractivity contribution in [1.82, 2.24) is 9.78 Å². The normalized spacial score (nSPS) is 11.4. The molecule has 8 heteroatoms. The van der Waals surface area contributed by atoms with Crippen LogP contribution in [0.2, 0.25) is 0 Å². The molecular formula is C10H11FN4O2S. The molecule has 0 unspecified atom stereocenters. The minimum Gasteiger partial charge on any atom is -0.399 e. The number of benzene rings is 1. The summed E-state index contributed by atoms with van der Waals surface area (Å²) in [6.45, 7) is 0. The van der Waals surface area contributed by atoms with E-state index in [2.05, 4.69) is 9.82 Å². The second-order valence-corrected chi connectivity index (χ2v) is 5.32. The number of hydrogen-bond donors (Lipinski definition) is 2. The molecule has 18 heavy (non-hydrogen) atoms. The third-order valence-electron chi connectivity index (χ3n) is 2.20. The van der Waals surface area contributed by atoms with Gasteiger partial charge >= 0.3 is 0 Å². The SMILES string of the molecule is Cn1ccc(NS(=O)(=O)c2cc(N)ccc2F)n1. The minimum atomic E-state index is -4.03. The van der Waals surface area contributed by atoms with Gasteiger partial charge in [0, 0.05) is 25.0 Å². The highest BCUT2D eigenvalue weighted by molar-refractivity contribution is 7.92. The van der Waals surface area contributed by atoms with Gasteiger partial charge in [-0.15, -0.1) is 0 Å². The van der Waals surface area contributed by atoms with E-state index < -0.39 is 20.7 Å². The van der Waals surface area contributed by atoms with Gasteiger partial charge in [-0.25, -0.2) is 12.8 Å². The first-order valence-electron chi connectivity index (χ1n) is 4.96. The Morgan fingerprint density at radius 3 is 2.72 bits per heavy atom. The molecule has 0 saturated heterocycles. The number of nitrogens with zero attached hydrogens (tertiary/aromatic N) is 2. The first kappa shape index (κ1) is 12.4. The van der Waals surface area contributed by atoms with Crippen LogP contribution in [0.3, 0.4) is 0 Å². The smallest absolute Gasteiger partial charge is 0.266 e. The zero-order valence-corrected chi connectivity index (χ0v) is 10.3. The summed E-state index contributed by atoms with van der Waals surface area (Å²) in [7, 11) is -2.40. The fraction of sp³-hybridized carbons (Fsp3) is 0.100. The van der Waals surface area contributed by atoms with Crippen LogP contribution in [0, 0.1) is 5.82 Å². The van der Waals surface area contributed by atoms with Crippen LogP contribution in [0.5, 0.6) is 0 Å². The molecule has 0 saturated carbocycles. The molecule has 0 atom stereocenters. The van der Waals surface area contributed by atoms with Crippen LogP contribution in [0.4, 0.5) is 15.9 Å². The van der Waals surface area contributed by atoms with Crippen LogP contribution in [0.15, 0.2) is 35.4 Å². The van der Waals surface area contributed by atoms with E-state index in [1.807, 2.05) is 0 Å². The van der Waals surface area contributed by atoms with Crippen molar-refractivity contribution >= 4 is 21.5 Å². The Balaban J connectivity index is 2.39. The zero-order chi connectivity index (χ0) is 13.3. The van der Waals surface area contributed by atoms with E-state index >= 15 is 0 Å². The number of halogens is 1. The molecule has 0 radical (unpaired) electrons. The summed E-state index contributed by atoms with van der Waals surface area (Å²) < 4.78 is 40.9. The number of rotatable bonds is 3. The van der Waals surface area contributed by atoms with Gasteiger partial charge in [-0.2, -0.15) is 5.10 Å². The number of hydrogen-bond acceptors (Lipinski definition) is 4. The van der Waals surface area contributed by atoms with Gasteiger partial charge in [-0.05, 0) is 18.2 Å². The average molecular weight is 270 g/mol. The number of anilines is 2. The lowest BCUT2D eigenvalue weighted by molar-refractivity contribution is 0.570. The largest absolute Gasteiger partial charge is 0.399 e. The van der Waals surface area contributed by atoms with Crippen molar-refractivity contribution in [2.45, 2.75) is 4.90 Å². The van der Waals surface area contributed by atoms with Crippen molar-refractivity contribution in [3.05, 3.63) is 36.3 Å². The second-order valence-electron chi connectivity index (χ2n) is 3.67. The number of nitrogens with one attached hydrogen (secondary N) is 1. The van der Waals surface area contributed by atoms with Gasteiger partial charge in [0.25, 0.3) is 10.0 Å². The monoisotopic (exact) mass is 270 g/mol. The topological polar surface area (TPSA) is 90.0 Å². The van der Waals surface area contributed by atoms with Gasteiger partial charge in [0.15, 0.2) is 5.82 Å². The van der Waals surface area contributed by atoms with Crippen molar-refractivity contribution in [3.8, 4) is 0 Å². The van der Waals surface area contributed by atoms with Crippen molar-refractivity contribution in [1.29, 1.82) is 0 Å². The lowest BCUT2D eigenvalue weighted by atomic mass is 10.3. The predicted octanol–water partition coefficient (Wildman–Crippen LogP) is 0.942. The molecule has 0 amide bonds. The molecule has 3 N–H and O–H groups in total. The van der Waals surface area contributed by atoms with Crippen LogP contribution < -0.4 is 10.5 Å². The van der Waals surface area contributed by atoms with E-state index in [0.717, 1.165) is 12.1 Å². The zero-order valence-electron chi connectivity index (χ0n) is 9.46. The van der Waals surface area contributed by atoms with Gasteiger partial charge in [-0.3, -0.25) is 9.40 Å². The Morgan fingerprint density at radius 1 is 1.39 bits per heavy atom. The highest BCUT2D eigenvalue weighted by atomic mass is 32.2. The molecule has 0 spiro atoms. The third-order valence-corrected chi connectivity index (χ3v) is 3.57. The van der Waals surface area contributed by atoms with E-state index in [9.17, 15) is 12.8 Å². The van der Waals surface area contributed by atoms with Crippen LogP contribution in [-0.4, -0.2) is 18.2 Å². The Hall–Kier alpha value is -2.09. The number of aryl methyl sites for hydroxylation is 1. The summed E-state index contributed by atoms with van der Waals surface area (Å²) in [5.74, 6) is -0.757. The number of aromatic nitrogens is 2. The lowest BCUT2D eigenvalue weighted by Gasteiger charge is -2.07. The van der Waals surface area contributed by atoms with E-state index in [0.29, 0.717) is 0 Å². The van der Waals surface area contributed by atoms with Crippen molar-refractivity contribution in [2.75, 3.05) is 10.5 Å². The number of sulfonamides is 1. The first-order valence-corrected chi connectivity index (χ1v) is 6.44. The van der Waals surface area contributed by atoms with Crippen LogP contribution >= 0.6 is 0 Å². The molecule has 0 aliphatic heterocycles. The molecule has 1 aromatic carbocycles. The molecule has 0 aliphatic rings. The highest BCUT2D eigenvalue weighted by Crippen LogP contribution is 2.20. The fourth-order valence-corrected chi connectivity index (χ4v) is 2.50. The lowest BCUT2D eigenvalue weighted by Crippen LogP contribution is -2.15. The molecule has 1 heterocycles. The number of nitrogens with two attached hydrogens (primary N) is 1. The molecule has 1 aromatic heterocycles. The first-order chi connectivity index (χ1) is 8.38. The van der Waals surface area contributed by atoms with E-state index in [1.54, 1.807) is 13.2 Å². The Labute approximate surface area is 103 Å². The fourth-order valence-electron chi connectivity index (χ4n) is 1.39. The van der Waals surface area contributed by atoms with Crippen molar-refractivity contribution < 1.29 is 12.8 Å². The molecule has 2 rings (SSSR count). The molecule has 0 bridgehead atoms. The van der Waals surface area contributed by atoms with Gasteiger partial charge in [0.2, 0.25) is 0 Å². The van der Waals surface area contributed by atoms with Crippen molar-refractivity contribution in [3.63, 3.8) is 0 Å². The molecule has 0 aliphatic carbocycles. The molecule has 96 valence electrons. The van der Waals surface area contributed by atoms with Gasteiger partial charge in [-0.1, -0.05) is 0 Å². The predicted molar refractivity (Wildman–Crippen MR) is 64.8 cm³/mol. The molecule has 0 fully saturated rings. The summed E-state index contributed by atoms with van der Waals surface area (Å²) in [5, 5.41) is 3.85. The minimum absolute atomic E-state index is 0.110. The Morgan fingerprint density at radius 2 is 2.11 bits per heavy atom. The summed E-state index contributed by atoms with van der Waals surface area (Å²) in [4.78, 5) is -0.506. The van der Waals surface area contributed by atoms with Gasteiger partial charge in [0.1, 0.15) is 10.7 Å². The highest BCUT2D eigenvalue weighted by Gasteiger charge is 2.20. The summed E-state index contributed by atoms with van der Waals surface area (Å²) in [6, 6.07) is 4.81. The maximum atomic E-state index is 13.5. The molecule has 2 aromatic rings.